The molecule has 0 saturated carbocycles. The number of thiophene rings is 1. The van der Waals surface area contributed by atoms with Crippen molar-refractivity contribution in [3.8, 4) is 16.9 Å². The molecule has 0 spiro atoms. The molecule has 1 atom stereocenters. The Hall–Kier alpha value is -4.91. The molecule has 0 bridgehead atoms. The van der Waals surface area contributed by atoms with Gasteiger partial charge in [-0.2, -0.15) is 5.10 Å². The van der Waals surface area contributed by atoms with Crippen molar-refractivity contribution in [1.82, 2.24) is 24.6 Å². The van der Waals surface area contributed by atoms with Gasteiger partial charge in [-0.15, -0.1) is 22.7 Å². The van der Waals surface area contributed by atoms with Crippen molar-refractivity contribution < 1.29 is 23.8 Å². The SMILES string of the molecule is C=CC(=O)N1CCc2nc(C3CCOc4cc(F)ccc4-c4c3nc(/C=C/c3cnn(C)c3/C=C/OC/C=C/CO)c3ccsc43)sc2C1. The molecule has 9 nitrogen and oxygen atoms in total. The van der Waals surface area contributed by atoms with E-state index < -0.39 is 0 Å². The molecule has 49 heavy (non-hydrogen) atoms. The number of nitrogens with zero attached hydrogens (tertiary/aromatic N) is 5. The normalized spacial score (nSPS) is 16.1. The topological polar surface area (TPSA) is 103 Å². The Kier molecular flexibility index (Phi) is 9.52. The monoisotopic (exact) mass is 695 g/mol. The first-order valence-corrected chi connectivity index (χ1v) is 17.6. The summed E-state index contributed by atoms with van der Waals surface area (Å²) in [6.45, 7) is 5.46. The van der Waals surface area contributed by atoms with Crippen LogP contribution in [0.1, 0.15) is 50.6 Å². The highest BCUT2D eigenvalue weighted by Crippen LogP contribution is 2.47. The number of benzene rings is 1. The molecule has 250 valence electrons. The predicted octanol–water partition coefficient (Wildman–Crippen LogP) is 6.98. The highest BCUT2D eigenvalue weighted by atomic mass is 32.1. The molecule has 5 aromatic rings. The number of rotatable bonds is 9. The number of carbonyl (C=O) groups excluding carboxylic acids is 1. The summed E-state index contributed by atoms with van der Waals surface area (Å²) in [6.07, 6.45) is 15.3. The molecular formula is C37H34FN5O4S2. The smallest absolute Gasteiger partial charge is 0.246 e. The van der Waals surface area contributed by atoms with Gasteiger partial charge in [-0.3, -0.25) is 14.5 Å². The number of halogens is 1. The molecule has 0 aliphatic carbocycles. The number of aromatic nitrogens is 4. The van der Waals surface area contributed by atoms with Gasteiger partial charge >= 0.3 is 0 Å². The van der Waals surface area contributed by atoms with Gasteiger partial charge in [0.1, 0.15) is 23.2 Å². The molecule has 0 radical (unpaired) electrons. The summed E-state index contributed by atoms with van der Waals surface area (Å²) in [4.78, 5) is 25.8. The molecule has 1 aromatic carbocycles. The number of hydrogen-bond donors (Lipinski definition) is 1. The Morgan fingerprint density at radius 3 is 2.98 bits per heavy atom. The largest absolute Gasteiger partial charge is 0.497 e. The van der Waals surface area contributed by atoms with E-state index in [2.05, 4.69) is 23.1 Å². The Labute approximate surface area is 291 Å². The van der Waals surface area contributed by atoms with Crippen LogP contribution in [-0.4, -0.2) is 62.0 Å². The van der Waals surface area contributed by atoms with Gasteiger partial charge in [-0.1, -0.05) is 12.7 Å². The lowest BCUT2D eigenvalue weighted by Crippen LogP contribution is -2.34. The number of thiazole rings is 1. The van der Waals surface area contributed by atoms with Crippen LogP contribution >= 0.6 is 22.7 Å². The second-order valence-electron chi connectivity index (χ2n) is 11.6. The number of fused-ring (bicyclic) bond motifs is 6. The summed E-state index contributed by atoms with van der Waals surface area (Å²) in [6, 6.07) is 6.76. The second kappa shape index (κ2) is 14.3. The van der Waals surface area contributed by atoms with E-state index in [0.29, 0.717) is 44.9 Å². The van der Waals surface area contributed by atoms with Gasteiger partial charge < -0.3 is 19.5 Å². The number of aryl methyl sites for hydroxylation is 1. The van der Waals surface area contributed by atoms with E-state index in [9.17, 15) is 9.18 Å². The first-order valence-electron chi connectivity index (χ1n) is 15.9. The fourth-order valence-electron chi connectivity index (χ4n) is 6.21. The van der Waals surface area contributed by atoms with Crippen molar-refractivity contribution in [2.75, 3.05) is 26.4 Å². The number of aliphatic hydroxyl groups is 1. The quantitative estimate of drug-likeness (QED) is 0.0768. The zero-order chi connectivity index (χ0) is 33.9. The minimum Gasteiger partial charge on any atom is -0.497 e. The molecule has 1 N–H and O–H groups in total. The average Bonchev–Trinajstić information content (AvgIpc) is 3.84. The number of pyridine rings is 1. The fraction of sp³-hybridized carbons (Fsp3) is 0.243. The van der Waals surface area contributed by atoms with Crippen LogP contribution in [0.4, 0.5) is 4.39 Å². The summed E-state index contributed by atoms with van der Waals surface area (Å²) in [5.41, 5.74) is 6.17. The van der Waals surface area contributed by atoms with Crippen molar-refractivity contribution in [1.29, 1.82) is 0 Å². The number of carbonyl (C=O) groups is 1. The molecule has 7 rings (SSSR count). The molecule has 2 aliphatic heterocycles. The molecule has 4 aromatic heterocycles. The van der Waals surface area contributed by atoms with Gasteiger partial charge in [-0.25, -0.2) is 9.37 Å². The minimum absolute atomic E-state index is 0.0274. The third-order valence-corrected chi connectivity index (χ3v) is 10.8. The van der Waals surface area contributed by atoms with E-state index in [1.54, 1.807) is 62.9 Å². The summed E-state index contributed by atoms with van der Waals surface area (Å²) in [5.74, 6) is -0.119. The summed E-state index contributed by atoms with van der Waals surface area (Å²) in [5, 5.41) is 17.3. The van der Waals surface area contributed by atoms with Crippen LogP contribution in [0, 0.1) is 5.82 Å². The Morgan fingerprint density at radius 1 is 1.22 bits per heavy atom. The van der Waals surface area contributed by atoms with Crippen LogP contribution in [0.2, 0.25) is 0 Å². The summed E-state index contributed by atoms with van der Waals surface area (Å²) >= 11 is 3.24. The molecule has 2 aliphatic rings. The maximum absolute atomic E-state index is 14.5. The molecule has 0 saturated heterocycles. The van der Waals surface area contributed by atoms with Crippen molar-refractivity contribution in [3.05, 3.63) is 111 Å². The molecular weight excluding hydrogens is 662 g/mol. The van der Waals surface area contributed by atoms with Crippen LogP contribution in [0.15, 0.2) is 66.9 Å². The van der Waals surface area contributed by atoms with E-state index in [4.69, 9.17) is 24.5 Å². The van der Waals surface area contributed by atoms with Crippen LogP contribution in [0.3, 0.4) is 0 Å². The van der Waals surface area contributed by atoms with Gasteiger partial charge in [0.2, 0.25) is 5.91 Å². The Morgan fingerprint density at radius 2 is 2.12 bits per heavy atom. The lowest BCUT2D eigenvalue weighted by atomic mass is 9.90. The van der Waals surface area contributed by atoms with Gasteiger partial charge in [0, 0.05) is 57.7 Å². The van der Waals surface area contributed by atoms with Crippen molar-refractivity contribution in [2.24, 2.45) is 7.05 Å². The lowest BCUT2D eigenvalue weighted by Gasteiger charge is -2.24. The Bertz CT molecular complexity index is 2130. The van der Waals surface area contributed by atoms with Gasteiger partial charge in [-0.05, 0) is 60.4 Å². The maximum Gasteiger partial charge on any atom is 0.246 e. The van der Waals surface area contributed by atoms with Gasteiger partial charge in [0.25, 0.3) is 0 Å². The molecule has 6 heterocycles. The molecule has 0 fully saturated rings. The van der Waals surface area contributed by atoms with E-state index in [-0.39, 0.29) is 24.2 Å². The summed E-state index contributed by atoms with van der Waals surface area (Å²) < 4.78 is 29.0. The zero-order valence-corrected chi connectivity index (χ0v) is 28.5. The first-order chi connectivity index (χ1) is 23.9. The average molecular weight is 696 g/mol. The minimum atomic E-state index is -0.355. The van der Waals surface area contributed by atoms with Crippen LogP contribution in [-0.2, 0) is 29.5 Å². The van der Waals surface area contributed by atoms with Crippen molar-refractivity contribution in [3.63, 3.8) is 0 Å². The van der Waals surface area contributed by atoms with Crippen LogP contribution in [0.25, 0.3) is 39.4 Å². The second-order valence-corrected chi connectivity index (χ2v) is 13.7. The fourth-order valence-corrected chi connectivity index (χ4v) is 8.44. The van der Waals surface area contributed by atoms with E-state index in [0.717, 1.165) is 59.4 Å². The number of amides is 1. The Balaban J connectivity index is 1.32. The van der Waals surface area contributed by atoms with Gasteiger partial charge in [0.05, 0.1) is 60.9 Å². The van der Waals surface area contributed by atoms with E-state index >= 15 is 0 Å². The highest BCUT2D eigenvalue weighted by molar-refractivity contribution is 7.17. The molecule has 1 unspecified atom stereocenters. The third-order valence-electron chi connectivity index (χ3n) is 8.63. The number of ether oxygens (including phenoxy) is 2. The number of aliphatic hydroxyl groups excluding tert-OH is 1. The zero-order valence-electron chi connectivity index (χ0n) is 26.8. The third kappa shape index (κ3) is 6.59. The molecule has 1 amide bonds. The summed E-state index contributed by atoms with van der Waals surface area (Å²) in [7, 11) is 1.87. The number of hydrogen-bond acceptors (Lipinski definition) is 9. The standard InChI is InChI=1S/C37H34FN5O4S2/c1-3-33(45)43-14-10-29-32(22-43)49-37(41-29)27-11-18-47-31-20-24(38)7-8-26(31)34-35(27)40-28(25-13-19-48-36(25)34)9-6-23-21-39-42(2)30(23)12-17-46-16-5-4-15-44/h3-9,12-13,17,19-21,27,44H,1,10-11,14-16,18,22H2,2H3/b5-4+,9-6+,17-12+. The van der Waals surface area contributed by atoms with Crippen molar-refractivity contribution in [2.45, 2.75) is 25.3 Å². The van der Waals surface area contributed by atoms with Crippen LogP contribution < -0.4 is 4.74 Å². The maximum atomic E-state index is 14.5. The first kappa shape index (κ1) is 32.6. The predicted molar refractivity (Wildman–Crippen MR) is 192 cm³/mol. The molecule has 12 heteroatoms. The lowest BCUT2D eigenvalue weighted by molar-refractivity contribution is -0.126. The van der Waals surface area contributed by atoms with Crippen LogP contribution in [0.5, 0.6) is 5.75 Å². The highest BCUT2D eigenvalue weighted by Gasteiger charge is 2.32. The van der Waals surface area contributed by atoms with Crippen molar-refractivity contribution >= 4 is 56.9 Å². The van der Waals surface area contributed by atoms with Gasteiger partial charge in [0.15, 0.2) is 0 Å². The van der Waals surface area contributed by atoms with E-state index in [1.807, 2.05) is 25.3 Å². The van der Waals surface area contributed by atoms with E-state index in [1.165, 1.54) is 18.2 Å².